The number of para-hydroxylation sites is 3. The van der Waals surface area contributed by atoms with Gasteiger partial charge in [-0.3, -0.25) is 14.5 Å². The highest BCUT2D eigenvalue weighted by Crippen LogP contribution is 2.29. The number of fused-ring (bicyclic) bond motifs is 1. The standard InChI is InChI=1S/C24H29N3O4/c1-30-22-9-3-2-8-20(22)27-15-13-26(14-16-27)12-5-11-25-24(29)19-7-4-6-18-21(28)10-17-31-23(18)19/h2-4,6-9H,5,10-17H2,1H3,(H,25,29). The van der Waals surface area contributed by atoms with Crippen LogP contribution in [0.15, 0.2) is 42.5 Å². The van der Waals surface area contributed by atoms with E-state index in [0.29, 0.717) is 36.4 Å². The summed E-state index contributed by atoms with van der Waals surface area (Å²) in [5.74, 6) is 1.17. The van der Waals surface area contributed by atoms with E-state index in [2.05, 4.69) is 21.2 Å². The molecule has 0 spiro atoms. The topological polar surface area (TPSA) is 71.1 Å². The van der Waals surface area contributed by atoms with Crippen molar-refractivity contribution in [3.63, 3.8) is 0 Å². The monoisotopic (exact) mass is 423 g/mol. The van der Waals surface area contributed by atoms with Gasteiger partial charge in [-0.25, -0.2) is 0 Å². The fourth-order valence-electron chi connectivity index (χ4n) is 4.17. The Morgan fingerprint density at radius 3 is 2.71 bits per heavy atom. The second-order valence-corrected chi connectivity index (χ2v) is 7.81. The Morgan fingerprint density at radius 2 is 1.90 bits per heavy atom. The summed E-state index contributed by atoms with van der Waals surface area (Å²) in [6, 6.07) is 13.3. The third-order valence-electron chi connectivity index (χ3n) is 5.87. The van der Waals surface area contributed by atoms with E-state index in [4.69, 9.17) is 9.47 Å². The van der Waals surface area contributed by atoms with Gasteiger partial charge in [-0.15, -0.1) is 0 Å². The lowest BCUT2D eigenvalue weighted by Crippen LogP contribution is -2.47. The number of nitrogens with one attached hydrogen (secondary N) is 1. The van der Waals surface area contributed by atoms with Crippen LogP contribution in [0.25, 0.3) is 0 Å². The predicted molar refractivity (Wildman–Crippen MR) is 119 cm³/mol. The number of carbonyl (C=O) groups is 2. The normalized spacial score (nSPS) is 16.4. The highest BCUT2D eigenvalue weighted by molar-refractivity contribution is 6.05. The van der Waals surface area contributed by atoms with Crippen LogP contribution in [0, 0.1) is 0 Å². The fraction of sp³-hybridized carbons (Fsp3) is 0.417. The SMILES string of the molecule is COc1ccccc1N1CCN(CCCNC(=O)c2cccc3c2OCCC3=O)CC1. The molecule has 4 rings (SSSR count). The van der Waals surface area contributed by atoms with E-state index in [9.17, 15) is 9.59 Å². The van der Waals surface area contributed by atoms with Crippen molar-refractivity contribution in [3.05, 3.63) is 53.6 Å². The highest BCUT2D eigenvalue weighted by atomic mass is 16.5. The number of carbonyl (C=O) groups excluding carboxylic acids is 2. The van der Waals surface area contributed by atoms with Gasteiger partial charge in [0.25, 0.3) is 5.91 Å². The molecule has 0 atom stereocenters. The minimum absolute atomic E-state index is 0.0307. The van der Waals surface area contributed by atoms with Crippen molar-refractivity contribution in [1.82, 2.24) is 10.2 Å². The van der Waals surface area contributed by atoms with Crippen LogP contribution in [0.1, 0.15) is 33.6 Å². The molecule has 2 heterocycles. The number of hydrogen-bond donors (Lipinski definition) is 1. The van der Waals surface area contributed by atoms with Crippen LogP contribution >= 0.6 is 0 Å². The molecule has 1 N–H and O–H groups in total. The molecule has 2 aliphatic heterocycles. The Bertz CT molecular complexity index is 938. The van der Waals surface area contributed by atoms with Crippen molar-refractivity contribution >= 4 is 17.4 Å². The van der Waals surface area contributed by atoms with E-state index >= 15 is 0 Å². The first-order valence-corrected chi connectivity index (χ1v) is 10.8. The molecule has 0 aromatic heterocycles. The zero-order chi connectivity index (χ0) is 21.6. The van der Waals surface area contributed by atoms with Crippen LogP contribution in [-0.2, 0) is 0 Å². The minimum Gasteiger partial charge on any atom is -0.495 e. The second kappa shape index (κ2) is 9.83. The summed E-state index contributed by atoms with van der Waals surface area (Å²) < 4.78 is 11.1. The molecular formula is C24H29N3O4. The van der Waals surface area contributed by atoms with Crippen LogP contribution in [0.3, 0.4) is 0 Å². The number of benzene rings is 2. The van der Waals surface area contributed by atoms with E-state index in [1.54, 1.807) is 25.3 Å². The molecule has 2 aromatic rings. The molecule has 7 nitrogen and oxygen atoms in total. The van der Waals surface area contributed by atoms with Crippen molar-refractivity contribution in [3.8, 4) is 11.5 Å². The number of Topliss-reactive ketones (excluding diaryl/α,β-unsaturated/α-hetero) is 1. The molecule has 31 heavy (non-hydrogen) atoms. The lowest BCUT2D eigenvalue weighted by Gasteiger charge is -2.36. The molecule has 1 fully saturated rings. The van der Waals surface area contributed by atoms with Crippen molar-refractivity contribution in [2.45, 2.75) is 12.8 Å². The van der Waals surface area contributed by atoms with Gasteiger partial charge < -0.3 is 19.7 Å². The van der Waals surface area contributed by atoms with E-state index in [-0.39, 0.29) is 11.7 Å². The molecule has 0 aliphatic carbocycles. The van der Waals surface area contributed by atoms with Gasteiger partial charge in [0.1, 0.15) is 11.5 Å². The van der Waals surface area contributed by atoms with Crippen LogP contribution in [0.4, 0.5) is 5.69 Å². The van der Waals surface area contributed by atoms with Gasteiger partial charge in [0.15, 0.2) is 5.78 Å². The van der Waals surface area contributed by atoms with Crippen LogP contribution in [-0.4, -0.2) is 69.6 Å². The van der Waals surface area contributed by atoms with Gasteiger partial charge >= 0.3 is 0 Å². The van der Waals surface area contributed by atoms with Crippen molar-refractivity contribution < 1.29 is 19.1 Å². The van der Waals surface area contributed by atoms with Gasteiger partial charge in [0.2, 0.25) is 0 Å². The summed E-state index contributed by atoms with van der Waals surface area (Å²) in [5, 5.41) is 2.97. The number of ether oxygens (including phenoxy) is 2. The largest absolute Gasteiger partial charge is 0.495 e. The van der Waals surface area contributed by atoms with E-state index < -0.39 is 0 Å². The van der Waals surface area contributed by atoms with Crippen molar-refractivity contribution in [2.75, 3.05) is 57.9 Å². The molecule has 0 radical (unpaired) electrons. The van der Waals surface area contributed by atoms with Crippen molar-refractivity contribution in [1.29, 1.82) is 0 Å². The number of methoxy groups -OCH3 is 1. The summed E-state index contributed by atoms with van der Waals surface area (Å²) >= 11 is 0. The number of ketones is 1. The molecule has 1 amide bonds. The summed E-state index contributed by atoms with van der Waals surface area (Å²) in [4.78, 5) is 29.4. The molecule has 0 bridgehead atoms. The lowest BCUT2D eigenvalue weighted by atomic mass is 10.0. The molecule has 164 valence electrons. The number of anilines is 1. The van der Waals surface area contributed by atoms with Gasteiger partial charge in [0.05, 0.1) is 30.5 Å². The minimum atomic E-state index is -0.187. The van der Waals surface area contributed by atoms with Gasteiger partial charge in [0, 0.05) is 39.1 Å². The van der Waals surface area contributed by atoms with Gasteiger partial charge in [-0.2, -0.15) is 0 Å². The molecule has 2 aromatic carbocycles. The predicted octanol–water partition coefficient (Wildman–Crippen LogP) is 2.60. The Labute approximate surface area is 182 Å². The highest BCUT2D eigenvalue weighted by Gasteiger charge is 2.24. The summed E-state index contributed by atoms with van der Waals surface area (Å²) in [7, 11) is 1.71. The molecule has 2 aliphatic rings. The van der Waals surface area contributed by atoms with E-state index in [0.717, 1.165) is 50.6 Å². The van der Waals surface area contributed by atoms with Crippen molar-refractivity contribution in [2.24, 2.45) is 0 Å². The third-order valence-corrected chi connectivity index (χ3v) is 5.87. The summed E-state index contributed by atoms with van der Waals surface area (Å²) in [6.07, 6.45) is 1.23. The van der Waals surface area contributed by atoms with E-state index in [1.807, 2.05) is 18.2 Å². The zero-order valence-corrected chi connectivity index (χ0v) is 17.9. The van der Waals surface area contributed by atoms with Crippen LogP contribution < -0.4 is 19.7 Å². The maximum absolute atomic E-state index is 12.6. The number of hydrogen-bond acceptors (Lipinski definition) is 6. The molecule has 0 saturated carbocycles. The quantitative estimate of drug-likeness (QED) is 0.691. The lowest BCUT2D eigenvalue weighted by molar-refractivity contribution is 0.0923. The smallest absolute Gasteiger partial charge is 0.255 e. The number of rotatable bonds is 7. The fourth-order valence-corrected chi connectivity index (χ4v) is 4.17. The maximum atomic E-state index is 12.6. The van der Waals surface area contributed by atoms with Crippen LogP contribution in [0.5, 0.6) is 11.5 Å². The summed E-state index contributed by atoms with van der Waals surface area (Å²) in [6.45, 7) is 5.72. The zero-order valence-electron chi connectivity index (χ0n) is 17.9. The Hall–Kier alpha value is -3.06. The number of piperazine rings is 1. The third kappa shape index (κ3) is 4.82. The number of amides is 1. The Morgan fingerprint density at radius 1 is 1.10 bits per heavy atom. The maximum Gasteiger partial charge on any atom is 0.255 e. The first-order valence-electron chi connectivity index (χ1n) is 10.8. The molecule has 7 heteroatoms. The molecule has 1 saturated heterocycles. The Kier molecular flexibility index (Phi) is 6.72. The van der Waals surface area contributed by atoms with Crippen LogP contribution in [0.2, 0.25) is 0 Å². The summed E-state index contributed by atoms with van der Waals surface area (Å²) in [5.41, 5.74) is 2.09. The average Bonchev–Trinajstić information content (AvgIpc) is 2.82. The number of nitrogens with zero attached hydrogens (tertiary/aromatic N) is 2. The van der Waals surface area contributed by atoms with Gasteiger partial charge in [-0.1, -0.05) is 18.2 Å². The first-order chi connectivity index (χ1) is 15.2. The second-order valence-electron chi connectivity index (χ2n) is 7.81. The van der Waals surface area contributed by atoms with Gasteiger partial charge in [-0.05, 0) is 37.2 Å². The Balaban J connectivity index is 1.22. The molecule has 0 unspecified atom stereocenters. The average molecular weight is 424 g/mol. The molecular weight excluding hydrogens is 394 g/mol. The first kappa shape index (κ1) is 21.2. The van der Waals surface area contributed by atoms with E-state index in [1.165, 1.54) is 0 Å².